The fraction of sp³-hybridized carbons (Fsp3) is 1.00. The SMILES string of the molecule is CC(C)(CCl)COP(OCC(Cl)CCl)OCC(Cl)CCl. The molecule has 0 bridgehead atoms. The van der Waals surface area contributed by atoms with Gasteiger partial charge in [0.05, 0.1) is 30.6 Å². The van der Waals surface area contributed by atoms with Crippen LogP contribution in [0.1, 0.15) is 13.8 Å². The van der Waals surface area contributed by atoms with Gasteiger partial charge in [-0.3, -0.25) is 0 Å². The lowest BCUT2D eigenvalue weighted by Crippen LogP contribution is -2.21. The molecule has 0 rings (SSSR count). The minimum Gasteiger partial charge on any atom is -0.312 e. The lowest BCUT2D eigenvalue weighted by atomic mass is 9.99. The first-order valence-corrected chi connectivity index (χ1v) is 9.56. The Kier molecular flexibility index (Phi) is 13.3. The number of hydrogen-bond donors (Lipinski definition) is 0. The van der Waals surface area contributed by atoms with E-state index >= 15 is 0 Å². The normalized spacial score (nSPS) is 16.9. The lowest BCUT2D eigenvalue weighted by molar-refractivity contribution is 0.126. The molecule has 0 amide bonds. The summed E-state index contributed by atoms with van der Waals surface area (Å²) in [7, 11) is -1.55. The molecular formula is C11H20Cl5O3P. The summed E-state index contributed by atoms with van der Waals surface area (Å²) in [4.78, 5) is 0. The van der Waals surface area contributed by atoms with Gasteiger partial charge in [-0.1, -0.05) is 13.8 Å². The number of alkyl halides is 5. The van der Waals surface area contributed by atoms with Gasteiger partial charge in [0.1, 0.15) is 0 Å². The molecule has 0 radical (unpaired) electrons. The highest BCUT2D eigenvalue weighted by atomic mass is 35.5. The average Bonchev–Trinajstić information content (AvgIpc) is 2.45. The fourth-order valence-electron chi connectivity index (χ4n) is 0.750. The third-order valence-corrected chi connectivity index (χ3v) is 5.38. The molecule has 0 N–H and O–H groups in total. The molecule has 122 valence electrons. The van der Waals surface area contributed by atoms with Crippen LogP contribution in [0.5, 0.6) is 0 Å². The second kappa shape index (κ2) is 12.2. The van der Waals surface area contributed by atoms with E-state index in [9.17, 15) is 0 Å². The fourth-order valence-corrected chi connectivity index (χ4v) is 2.59. The van der Waals surface area contributed by atoms with Crippen LogP contribution in [-0.4, -0.2) is 48.2 Å². The second-order valence-electron chi connectivity index (χ2n) is 4.89. The number of hydrogen-bond acceptors (Lipinski definition) is 3. The first-order chi connectivity index (χ1) is 9.34. The average molecular weight is 409 g/mol. The van der Waals surface area contributed by atoms with Crippen molar-refractivity contribution >= 4 is 66.6 Å². The van der Waals surface area contributed by atoms with Crippen molar-refractivity contribution in [2.75, 3.05) is 37.5 Å². The van der Waals surface area contributed by atoms with Crippen molar-refractivity contribution in [2.24, 2.45) is 5.41 Å². The van der Waals surface area contributed by atoms with E-state index in [2.05, 4.69) is 0 Å². The van der Waals surface area contributed by atoms with Gasteiger partial charge in [-0.05, 0) is 0 Å². The van der Waals surface area contributed by atoms with Gasteiger partial charge in [0, 0.05) is 23.1 Å². The standard InChI is InChI=1S/C11H20Cl5O3P/c1-11(2,7-14)8-19-20(17-5-9(15)3-12)18-6-10(16)4-13/h9-10H,3-8H2,1-2H3. The topological polar surface area (TPSA) is 27.7 Å². The first kappa shape index (κ1) is 21.8. The largest absolute Gasteiger partial charge is 0.332 e. The molecule has 2 unspecified atom stereocenters. The van der Waals surface area contributed by atoms with Crippen LogP contribution in [0.4, 0.5) is 0 Å². The molecule has 0 aliphatic carbocycles. The Bertz CT molecular complexity index is 234. The van der Waals surface area contributed by atoms with Crippen molar-refractivity contribution in [3.63, 3.8) is 0 Å². The number of halogens is 5. The number of rotatable bonds is 12. The van der Waals surface area contributed by atoms with Crippen molar-refractivity contribution in [2.45, 2.75) is 24.6 Å². The summed E-state index contributed by atoms with van der Waals surface area (Å²) in [5.41, 5.74) is -0.172. The van der Waals surface area contributed by atoms with Gasteiger partial charge < -0.3 is 13.6 Å². The Hall–Kier alpha value is 1.76. The van der Waals surface area contributed by atoms with Crippen molar-refractivity contribution in [3.8, 4) is 0 Å². The summed E-state index contributed by atoms with van der Waals surface area (Å²) < 4.78 is 16.6. The summed E-state index contributed by atoms with van der Waals surface area (Å²) >= 11 is 28.9. The maximum absolute atomic E-state index is 5.89. The van der Waals surface area contributed by atoms with Crippen molar-refractivity contribution in [1.29, 1.82) is 0 Å². The summed E-state index contributed by atoms with van der Waals surface area (Å²) in [6.07, 6.45) is 0. The second-order valence-corrected chi connectivity index (χ2v) is 8.23. The van der Waals surface area contributed by atoms with Crippen molar-refractivity contribution < 1.29 is 13.6 Å². The van der Waals surface area contributed by atoms with Crippen LogP contribution in [-0.2, 0) is 13.6 Å². The summed E-state index contributed by atoms with van der Waals surface area (Å²) in [5, 5.41) is -0.593. The molecule has 0 aromatic rings. The quantitative estimate of drug-likeness (QED) is 0.327. The molecule has 0 spiro atoms. The van der Waals surface area contributed by atoms with Gasteiger partial charge in [-0.25, -0.2) is 0 Å². The third kappa shape index (κ3) is 11.3. The Labute approximate surface area is 147 Å². The Morgan fingerprint density at radius 3 is 1.70 bits per heavy atom. The lowest BCUT2D eigenvalue weighted by Gasteiger charge is -2.25. The van der Waals surface area contributed by atoms with E-state index in [-0.39, 0.29) is 41.1 Å². The molecule has 0 saturated heterocycles. The van der Waals surface area contributed by atoms with Crippen molar-refractivity contribution in [3.05, 3.63) is 0 Å². The maximum Gasteiger partial charge on any atom is 0.332 e. The molecule has 0 aromatic heterocycles. The molecule has 0 aliphatic heterocycles. The highest BCUT2D eigenvalue weighted by molar-refractivity contribution is 7.41. The Morgan fingerprint density at radius 2 is 1.35 bits per heavy atom. The van der Waals surface area contributed by atoms with E-state index in [1.54, 1.807) is 0 Å². The van der Waals surface area contributed by atoms with Gasteiger partial charge in [0.25, 0.3) is 0 Å². The molecule has 0 aromatic carbocycles. The summed E-state index contributed by atoms with van der Waals surface area (Å²) in [6.45, 7) is 4.86. The zero-order valence-electron chi connectivity index (χ0n) is 11.5. The monoisotopic (exact) mass is 406 g/mol. The van der Waals surface area contributed by atoms with Crippen LogP contribution in [0.3, 0.4) is 0 Å². The molecule has 2 atom stereocenters. The first-order valence-electron chi connectivity index (χ1n) is 5.99. The van der Waals surface area contributed by atoms with E-state index in [0.717, 1.165) is 0 Å². The Morgan fingerprint density at radius 1 is 0.900 bits per heavy atom. The van der Waals surface area contributed by atoms with Crippen LogP contribution in [0, 0.1) is 5.41 Å². The van der Waals surface area contributed by atoms with Crippen LogP contribution in [0.2, 0.25) is 0 Å². The van der Waals surface area contributed by atoms with Crippen LogP contribution in [0.25, 0.3) is 0 Å². The van der Waals surface area contributed by atoms with Crippen molar-refractivity contribution in [1.82, 2.24) is 0 Å². The zero-order chi connectivity index (χ0) is 15.6. The highest BCUT2D eigenvalue weighted by Gasteiger charge is 2.23. The van der Waals surface area contributed by atoms with E-state index in [0.29, 0.717) is 12.5 Å². The summed E-state index contributed by atoms with van der Waals surface area (Å²) in [6, 6.07) is 0. The minimum atomic E-state index is -1.55. The molecule has 3 nitrogen and oxygen atoms in total. The van der Waals surface area contributed by atoms with Gasteiger partial charge in [0.2, 0.25) is 0 Å². The van der Waals surface area contributed by atoms with Gasteiger partial charge in [-0.2, -0.15) is 0 Å². The van der Waals surface area contributed by atoms with Crippen LogP contribution in [0.15, 0.2) is 0 Å². The van der Waals surface area contributed by atoms with E-state index in [1.807, 2.05) is 13.8 Å². The van der Waals surface area contributed by atoms with E-state index in [4.69, 9.17) is 71.6 Å². The Balaban J connectivity index is 4.23. The van der Waals surface area contributed by atoms with Crippen LogP contribution >= 0.6 is 66.6 Å². The highest BCUT2D eigenvalue weighted by Crippen LogP contribution is 2.42. The molecular weight excluding hydrogens is 388 g/mol. The van der Waals surface area contributed by atoms with Gasteiger partial charge in [-0.15, -0.1) is 58.0 Å². The van der Waals surface area contributed by atoms with Crippen LogP contribution < -0.4 is 0 Å². The van der Waals surface area contributed by atoms with E-state index in [1.165, 1.54) is 0 Å². The van der Waals surface area contributed by atoms with Gasteiger partial charge in [0.15, 0.2) is 0 Å². The third-order valence-electron chi connectivity index (χ3n) is 1.98. The smallest absolute Gasteiger partial charge is 0.312 e. The van der Waals surface area contributed by atoms with Gasteiger partial charge >= 0.3 is 8.60 Å². The molecule has 20 heavy (non-hydrogen) atoms. The molecule has 0 saturated carbocycles. The molecule has 0 fully saturated rings. The molecule has 0 heterocycles. The predicted octanol–water partition coefficient (Wildman–Crippen LogP) is 5.22. The van der Waals surface area contributed by atoms with E-state index < -0.39 is 8.60 Å². The molecule has 0 aliphatic rings. The maximum atomic E-state index is 5.89. The summed E-state index contributed by atoms with van der Waals surface area (Å²) in [5.74, 6) is 1.05. The molecule has 9 heteroatoms. The predicted molar refractivity (Wildman–Crippen MR) is 90.0 cm³/mol. The minimum absolute atomic E-state index is 0.172. The zero-order valence-corrected chi connectivity index (χ0v) is 16.1.